The summed E-state index contributed by atoms with van der Waals surface area (Å²) in [4.78, 5) is 0. The van der Waals surface area contributed by atoms with E-state index in [2.05, 4.69) is 126 Å². The van der Waals surface area contributed by atoms with Crippen molar-refractivity contribution in [3.63, 3.8) is 0 Å². The SMILES string of the molecule is CC(Cc1ccc(C(C)(C)C)c(C(C)(C)C)c1)c1c(C(C)(C)C)cccc1C(C)(C)C. The number of hydrogen-bond donors (Lipinski definition) is 0. The van der Waals surface area contributed by atoms with Gasteiger partial charge in [-0.05, 0) is 67.4 Å². The first-order chi connectivity index (χ1) is 13.8. The zero-order valence-electron chi connectivity index (χ0n) is 22.7. The minimum atomic E-state index is 0.136. The van der Waals surface area contributed by atoms with Crippen LogP contribution in [0.2, 0.25) is 0 Å². The van der Waals surface area contributed by atoms with E-state index in [1.165, 1.54) is 27.8 Å². The standard InChI is InChI=1S/C31H48/c1-21(27-24(29(5,6)7)15-14-16-25(27)30(8,9)10)19-22-17-18-23(28(2,3)4)26(20-22)31(11,12)13/h14-18,20-21H,19H2,1-13H3. The van der Waals surface area contributed by atoms with E-state index in [-0.39, 0.29) is 21.7 Å². The Hall–Kier alpha value is -1.56. The summed E-state index contributed by atoms with van der Waals surface area (Å²) < 4.78 is 0. The molecule has 0 nitrogen and oxygen atoms in total. The van der Waals surface area contributed by atoms with Crippen molar-refractivity contribution in [3.05, 3.63) is 69.8 Å². The molecule has 0 saturated carbocycles. The van der Waals surface area contributed by atoms with Gasteiger partial charge in [0, 0.05) is 0 Å². The number of hydrogen-bond acceptors (Lipinski definition) is 0. The fourth-order valence-corrected chi connectivity index (χ4v) is 4.85. The summed E-state index contributed by atoms with van der Waals surface area (Å²) >= 11 is 0. The Morgan fingerprint density at radius 2 is 0.968 bits per heavy atom. The molecule has 31 heavy (non-hydrogen) atoms. The van der Waals surface area contributed by atoms with Crippen LogP contribution in [0.1, 0.15) is 129 Å². The third-order valence-corrected chi connectivity index (χ3v) is 6.46. The molecule has 0 aliphatic heterocycles. The van der Waals surface area contributed by atoms with Gasteiger partial charge >= 0.3 is 0 Å². The lowest BCUT2D eigenvalue weighted by Gasteiger charge is -2.33. The molecular weight excluding hydrogens is 372 g/mol. The van der Waals surface area contributed by atoms with Gasteiger partial charge in [0.25, 0.3) is 0 Å². The molecule has 0 amide bonds. The molecule has 0 bridgehead atoms. The van der Waals surface area contributed by atoms with Gasteiger partial charge in [-0.15, -0.1) is 0 Å². The Labute approximate surface area is 193 Å². The molecule has 0 heterocycles. The maximum atomic E-state index is 2.49. The molecule has 0 spiro atoms. The first-order valence-electron chi connectivity index (χ1n) is 12.1. The Morgan fingerprint density at radius 1 is 0.548 bits per heavy atom. The van der Waals surface area contributed by atoms with E-state index in [0.29, 0.717) is 5.92 Å². The van der Waals surface area contributed by atoms with Gasteiger partial charge in [0.2, 0.25) is 0 Å². The van der Waals surface area contributed by atoms with Gasteiger partial charge in [-0.2, -0.15) is 0 Å². The minimum absolute atomic E-state index is 0.136. The van der Waals surface area contributed by atoms with Crippen LogP contribution in [0.5, 0.6) is 0 Å². The van der Waals surface area contributed by atoms with E-state index in [9.17, 15) is 0 Å². The van der Waals surface area contributed by atoms with Crippen LogP contribution >= 0.6 is 0 Å². The Morgan fingerprint density at radius 3 is 1.35 bits per heavy atom. The highest BCUT2D eigenvalue weighted by Gasteiger charge is 2.29. The Bertz CT molecular complexity index is 867. The second-order valence-corrected chi connectivity index (χ2v) is 13.8. The molecule has 0 N–H and O–H groups in total. The summed E-state index contributed by atoms with van der Waals surface area (Å²) in [6.07, 6.45) is 1.07. The van der Waals surface area contributed by atoms with Crippen molar-refractivity contribution in [1.82, 2.24) is 0 Å². The first-order valence-corrected chi connectivity index (χ1v) is 12.1. The van der Waals surface area contributed by atoms with Crippen molar-refractivity contribution in [1.29, 1.82) is 0 Å². The molecule has 0 radical (unpaired) electrons. The average Bonchev–Trinajstić information content (AvgIpc) is 2.57. The summed E-state index contributed by atoms with van der Waals surface area (Å²) in [7, 11) is 0. The van der Waals surface area contributed by atoms with Crippen LogP contribution in [-0.4, -0.2) is 0 Å². The molecule has 2 aromatic rings. The van der Waals surface area contributed by atoms with E-state index in [4.69, 9.17) is 0 Å². The van der Waals surface area contributed by atoms with Gasteiger partial charge in [-0.1, -0.05) is 126 Å². The van der Waals surface area contributed by atoms with Crippen molar-refractivity contribution in [2.45, 2.75) is 124 Å². The van der Waals surface area contributed by atoms with Crippen LogP contribution in [-0.2, 0) is 28.1 Å². The Balaban J connectivity index is 2.60. The average molecular weight is 421 g/mol. The lowest BCUT2D eigenvalue weighted by atomic mass is 9.71. The smallest absolute Gasteiger partial charge is 0.0129 e. The molecular formula is C31H48. The molecule has 2 rings (SSSR count). The minimum Gasteiger partial charge on any atom is -0.0617 e. The first kappa shape index (κ1) is 25.7. The molecule has 0 aromatic heterocycles. The molecule has 0 fully saturated rings. The predicted molar refractivity (Wildman–Crippen MR) is 140 cm³/mol. The highest BCUT2D eigenvalue weighted by molar-refractivity contribution is 5.46. The van der Waals surface area contributed by atoms with Crippen molar-refractivity contribution in [2.75, 3.05) is 0 Å². The van der Waals surface area contributed by atoms with E-state index in [1.807, 2.05) is 0 Å². The maximum absolute atomic E-state index is 2.49. The highest BCUT2D eigenvalue weighted by atomic mass is 14.3. The van der Waals surface area contributed by atoms with Crippen molar-refractivity contribution in [2.24, 2.45) is 0 Å². The lowest BCUT2D eigenvalue weighted by Crippen LogP contribution is -2.24. The van der Waals surface area contributed by atoms with Crippen LogP contribution in [0.15, 0.2) is 36.4 Å². The van der Waals surface area contributed by atoms with Gasteiger partial charge in [-0.25, -0.2) is 0 Å². The largest absolute Gasteiger partial charge is 0.0617 e. The van der Waals surface area contributed by atoms with E-state index in [1.54, 1.807) is 5.56 Å². The number of rotatable bonds is 3. The maximum Gasteiger partial charge on any atom is -0.0129 e. The second-order valence-electron chi connectivity index (χ2n) is 13.8. The highest BCUT2D eigenvalue weighted by Crippen LogP contribution is 2.40. The van der Waals surface area contributed by atoms with Crippen LogP contribution < -0.4 is 0 Å². The number of benzene rings is 2. The molecule has 172 valence electrons. The predicted octanol–water partition coefficient (Wildman–Crippen LogP) is 9.22. The van der Waals surface area contributed by atoms with Gasteiger partial charge in [0.1, 0.15) is 0 Å². The van der Waals surface area contributed by atoms with Gasteiger partial charge < -0.3 is 0 Å². The molecule has 0 aliphatic carbocycles. The topological polar surface area (TPSA) is 0 Å². The van der Waals surface area contributed by atoms with Crippen LogP contribution in [0, 0.1) is 0 Å². The quantitative estimate of drug-likeness (QED) is 0.464. The third kappa shape index (κ3) is 6.03. The molecule has 0 heteroatoms. The van der Waals surface area contributed by atoms with E-state index in [0.717, 1.165) is 6.42 Å². The van der Waals surface area contributed by atoms with Gasteiger partial charge in [0.05, 0.1) is 0 Å². The summed E-state index contributed by atoms with van der Waals surface area (Å²) in [6, 6.07) is 14.2. The van der Waals surface area contributed by atoms with Gasteiger partial charge in [-0.3, -0.25) is 0 Å². The molecule has 0 saturated heterocycles. The molecule has 2 aromatic carbocycles. The fraction of sp³-hybridized carbons (Fsp3) is 0.613. The summed E-state index contributed by atoms with van der Waals surface area (Å²) in [6.45, 7) is 30.5. The van der Waals surface area contributed by atoms with Crippen molar-refractivity contribution in [3.8, 4) is 0 Å². The molecule has 0 aliphatic rings. The van der Waals surface area contributed by atoms with Crippen molar-refractivity contribution < 1.29 is 0 Å². The van der Waals surface area contributed by atoms with Gasteiger partial charge in [0.15, 0.2) is 0 Å². The van der Waals surface area contributed by atoms with Crippen LogP contribution in [0.4, 0.5) is 0 Å². The van der Waals surface area contributed by atoms with E-state index < -0.39 is 0 Å². The fourth-order valence-electron chi connectivity index (χ4n) is 4.85. The Kier molecular flexibility index (Phi) is 6.98. The zero-order valence-corrected chi connectivity index (χ0v) is 22.7. The monoisotopic (exact) mass is 420 g/mol. The lowest BCUT2D eigenvalue weighted by molar-refractivity contribution is 0.527. The summed E-state index contributed by atoms with van der Waals surface area (Å²) in [5.74, 6) is 0.470. The van der Waals surface area contributed by atoms with Crippen LogP contribution in [0.25, 0.3) is 0 Å². The van der Waals surface area contributed by atoms with Crippen molar-refractivity contribution >= 4 is 0 Å². The molecule has 1 unspecified atom stereocenters. The molecule has 1 atom stereocenters. The summed E-state index contributed by atoms with van der Waals surface area (Å²) in [5, 5.41) is 0. The third-order valence-electron chi connectivity index (χ3n) is 6.46. The zero-order chi connectivity index (χ0) is 24.0. The summed E-state index contributed by atoms with van der Waals surface area (Å²) in [5.41, 5.74) is 9.53. The van der Waals surface area contributed by atoms with E-state index >= 15 is 0 Å². The van der Waals surface area contributed by atoms with Crippen LogP contribution in [0.3, 0.4) is 0 Å². The normalized spacial score (nSPS) is 14.6. The second kappa shape index (κ2) is 8.42.